The Morgan fingerprint density at radius 3 is 1.85 bits per heavy atom. The minimum Gasteiger partial charge on any atom is -0.507 e. The van der Waals surface area contributed by atoms with Crippen LogP contribution in [-0.4, -0.2) is 18.2 Å². The lowest BCUT2D eigenvalue weighted by atomic mass is 10.0. The Hall–Kier alpha value is -2.73. The number of methoxy groups -OCH3 is 1. The Balaban J connectivity index is 1.62. The first-order chi connectivity index (χ1) is 16.6. The van der Waals surface area contributed by atoms with Crippen molar-refractivity contribution in [3.8, 4) is 17.6 Å². The molecule has 2 rings (SSSR count). The van der Waals surface area contributed by atoms with Crippen LogP contribution in [0.15, 0.2) is 42.5 Å². The zero-order chi connectivity index (χ0) is 24.4. The van der Waals surface area contributed by atoms with Gasteiger partial charge in [-0.15, -0.1) is 0 Å². The maximum Gasteiger partial charge on any atom is 0.337 e. The lowest BCUT2D eigenvalue weighted by Gasteiger charge is -2.05. The van der Waals surface area contributed by atoms with Gasteiger partial charge in [0.15, 0.2) is 0 Å². The molecule has 0 saturated heterocycles. The van der Waals surface area contributed by atoms with Gasteiger partial charge in [-0.05, 0) is 54.8 Å². The van der Waals surface area contributed by atoms with E-state index in [1.807, 2.05) is 12.1 Å². The van der Waals surface area contributed by atoms with E-state index in [1.54, 1.807) is 24.3 Å². The number of carbonyl (C=O) groups excluding carboxylic acids is 1. The van der Waals surface area contributed by atoms with Crippen LogP contribution in [0.3, 0.4) is 0 Å². The topological polar surface area (TPSA) is 46.5 Å². The van der Waals surface area contributed by atoms with Crippen molar-refractivity contribution >= 4 is 5.97 Å². The van der Waals surface area contributed by atoms with Gasteiger partial charge < -0.3 is 9.84 Å². The van der Waals surface area contributed by atoms with E-state index in [4.69, 9.17) is 4.74 Å². The number of ether oxygens (including phenoxy) is 1. The summed E-state index contributed by atoms with van der Waals surface area (Å²) < 4.78 is 4.70. The highest BCUT2D eigenvalue weighted by Gasteiger charge is 2.04. The smallest absolute Gasteiger partial charge is 0.337 e. The van der Waals surface area contributed by atoms with E-state index in [0.717, 1.165) is 24.0 Å². The molecule has 0 atom stereocenters. The fourth-order valence-electron chi connectivity index (χ4n) is 4.13. The highest BCUT2D eigenvalue weighted by Crippen LogP contribution is 2.20. The van der Waals surface area contributed by atoms with E-state index < -0.39 is 0 Å². The number of hydrogen-bond acceptors (Lipinski definition) is 3. The Morgan fingerprint density at radius 2 is 1.32 bits per heavy atom. The predicted molar refractivity (Wildman–Crippen MR) is 141 cm³/mol. The molecule has 34 heavy (non-hydrogen) atoms. The van der Waals surface area contributed by atoms with Gasteiger partial charge in [0.25, 0.3) is 0 Å². The normalized spacial score (nSPS) is 10.5. The summed E-state index contributed by atoms with van der Waals surface area (Å²) in [7, 11) is 1.36. The van der Waals surface area contributed by atoms with Gasteiger partial charge in [0.2, 0.25) is 0 Å². The summed E-state index contributed by atoms with van der Waals surface area (Å²) >= 11 is 0. The Bertz CT molecular complexity index is 903. The van der Waals surface area contributed by atoms with Crippen molar-refractivity contribution in [3.63, 3.8) is 0 Å². The van der Waals surface area contributed by atoms with E-state index in [-0.39, 0.29) is 11.7 Å². The van der Waals surface area contributed by atoms with Crippen LogP contribution in [0.25, 0.3) is 0 Å². The second-order valence-electron chi connectivity index (χ2n) is 9.16. The number of phenols is 1. The largest absolute Gasteiger partial charge is 0.507 e. The standard InChI is InChI=1S/C31H42O3/c1-3-4-5-6-7-8-9-10-11-12-13-14-15-16-27-20-22-28(30(32)25-27)21-17-26-18-23-29(24-19-26)31(33)34-2/h18-20,22-25,32H,3-16H2,1-2H3. The fourth-order valence-corrected chi connectivity index (χ4v) is 4.13. The minimum absolute atomic E-state index is 0.228. The highest BCUT2D eigenvalue weighted by molar-refractivity contribution is 5.89. The molecule has 3 heteroatoms. The van der Waals surface area contributed by atoms with E-state index in [9.17, 15) is 9.90 Å². The number of rotatable bonds is 15. The first-order valence-electron chi connectivity index (χ1n) is 13.2. The van der Waals surface area contributed by atoms with Crippen molar-refractivity contribution < 1.29 is 14.6 Å². The third-order valence-electron chi connectivity index (χ3n) is 6.28. The summed E-state index contributed by atoms with van der Waals surface area (Å²) in [5.74, 6) is 5.92. The fraction of sp³-hybridized carbons (Fsp3) is 0.516. The van der Waals surface area contributed by atoms with E-state index in [0.29, 0.717) is 11.1 Å². The predicted octanol–water partition coefficient (Wildman–Crippen LogP) is 8.21. The van der Waals surface area contributed by atoms with Crippen LogP contribution >= 0.6 is 0 Å². The van der Waals surface area contributed by atoms with E-state index >= 15 is 0 Å². The molecule has 0 aromatic heterocycles. The summed E-state index contributed by atoms with van der Waals surface area (Å²) in [6.07, 6.45) is 18.6. The molecule has 0 spiro atoms. The third kappa shape index (κ3) is 10.9. The van der Waals surface area contributed by atoms with E-state index in [1.165, 1.54) is 84.2 Å². The van der Waals surface area contributed by atoms with Crippen LogP contribution in [0.4, 0.5) is 0 Å². The van der Waals surface area contributed by atoms with Gasteiger partial charge in [0.1, 0.15) is 5.75 Å². The van der Waals surface area contributed by atoms with Gasteiger partial charge >= 0.3 is 5.97 Å². The Labute approximate surface area is 206 Å². The number of carbonyl (C=O) groups is 1. The zero-order valence-corrected chi connectivity index (χ0v) is 21.2. The average molecular weight is 463 g/mol. The molecule has 184 valence electrons. The summed E-state index contributed by atoms with van der Waals surface area (Å²) in [4.78, 5) is 11.5. The molecule has 0 unspecified atom stereocenters. The van der Waals surface area contributed by atoms with Gasteiger partial charge in [-0.2, -0.15) is 0 Å². The molecule has 0 fully saturated rings. The molecule has 0 aliphatic rings. The number of hydrogen-bond donors (Lipinski definition) is 1. The molecule has 0 saturated carbocycles. The molecule has 0 radical (unpaired) electrons. The van der Waals surface area contributed by atoms with Crippen LogP contribution < -0.4 is 0 Å². The Kier molecular flexibility index (Phi) is 13.6. The van der Waals surface area contributed by atoms with Crippen molar-refractivity contribution in [3.05, 3.63) is 64.7 Å². The first kappa shape index (κ1) is 27.5. The molecule has 0 amide bonds. The van der Waals surface area contributed by atoms with Crippen molar-refractivity contribution in [1.29, 1.82) is 0 Å². The zero-order valence-electron chi connectivity index (χ0n) is 21.2. The summed E-state index contributed by atoms with van der Waals surface area (Å²) in [6.45, 7) is 2.27. The number of aryl methyl sites for hydroxylation is 1. The monoisotopic (exact) mass is 462 g/mol. The molecule has 3 nitrogen and oxygen atoms in total. The van der Waals surface area contributed by atoms with Crippen molar-refractivity contribution in [1.82, 2.24) is 0 Å². The lowest BCUT2D eigenvalue weighted by molar-refractivity contribution is 0.0600. The second-order valence-corrected chi connectivity index (χ2v) is 9.16. The summed E-state index contributed by atoms with van der Waals surface area (Å²) in [6, 6.07) is 12.7. The maximum atomic E-state index is 11.5. The number of unbranched alkanes of at least 4 members (excludes halogenated alkanes) is 12. The van der Waals surface area contributed by atoms with Gasteiger partial charge in [-0.1, -0.05) is 102 Å². The van der Waals surface area contributed by atoms with Crippen molar-refractivity contribution in [2.45, 2.75) is 96.8 Å². The molecule has 0 heterocycles. The van der Waals surface area contributed by atoms with Gasteiger partial charge in [0.05, 0.1) is 18.2 Å². The minimum atomic E-state index is -0.365. The molecule has 0 aliphatic heterocycles. The number of esters is 1. The number of phenolic OH excluding ortho intramolecular Hbond substituents is 1. The van der Waals surface area contributed by atoms with Gasteiger partial charge in [0, 0.05) is 5.56 Å². The molecule has 0 aliphatic carbocycles. The molecular weight excluding hydrogens is 420 g/mol. The van der Waals surface area contributed by atoms with Crippen LogP contribution in [0.1, 0.15) is 117 Å². The summed E-state index contributed by atoms with van der Waals surface area (Å²) in [5.41, 5.74) is 3.05. The SMILES string of the molecule is CCCCCCCCCCCCCCCc1ccc(C#Cc2ccc(C(=O)OC)cc2)c(O)c1. The molecule has 2 aromatic rings. The molecule has 0 bridgehead atoms. The van der Waals surface area contributed by atoms with Crippen LogP contribution in [-0.2, 0) is 11.2 Å². The van der Waals surface area contributed by atoms with E-state index in [2.05, 4.69) is 24.8 Å². The lowest BCUT2D eigenvalue weighted by Crippen LogP contribution is -2.00. The molecule has 1 N–H and O–H groups in total. The molecular formula is C31H42O3. The number of benzene rings is 2. The first-order valence-corrected chi connectivity index (χ1v) is 13.2. The quantitative estimate of drug-likeness (QED) is 0.165. The van der Waals surface area contributed by atoms with Crippen LogP contribution in [0.2, 0.25) is 0 Å². The third-order valence-corrected chi connectivity index (χ3v) is 6.28. The average Bonchev–Trinajstić information content (AvgIpc) is 2.86. The van der Waals surface area contributed by atoms with Crippen molar-refractivity contribution in [2.75, 3.05) is 7.11 Å². The van der Waals surface area contributed by atoms with Crippen LogP contribution in [0, 0.1) is 11.8 Å². The second kappa shape index (κ2) is 16.8. The number of aromatic hydroxyl groups is 1. The summed E-state index contributed by atoms with van der Waals surface area (Å²) in [5, 5.41) is 10.4. The van der Waals surface area contributed by atoms with Gasteiger partial charge in [-0.25, -0.2) is 4.79 Å². The Morgan fingerprint density at radius 1 is 0.765 bits per heavy atom. The van der Waals surface area contributed by atoms with Crippen LogP contribution in [0.5, 0.6) is 5.75 Å². The highest BCUT2D eigenvalue weighted by atomic mass is 16.5. The molecule has 2 aromatic carbocycles. The van der Waals surface area contributed by atoms with Gasteiger partial charge in [-0.3, -0.25) is 0 Å². The maximum absolute atomic E-state index is 11.5. The van der Waals surface area contributed by atoms with Crippen molar-refractivity contribution in [2.24, 2.45) is 0 Å².